The molecule has 2 bridgehead atoms. The third kappa shape index (κ3) is 3.03. The van der Waals surface area contributed by atoms with Crippen molar-refractivity contribution in [1.82, 2.24) is 14.2 Å². The number of urea groups is 1. The molecule has 2 unspecified atom stereocenters. The fourth-order valence-electron chi connectivity index (χ4n) is 3.76. The lowest BCUT2D eigenvalue weighted by molar-refractivity contribution is 0.200. The number of hydrogen-bond donors (Lipinski definition) is 1. The lowest BCUT2D eigenvalue weighted by atomic mass is 10.1. The molecule has 0 saturated carbocycles. The van der Waals surface area contributed by atoms with Gasteiger partial charge in [0.15, 0.2) is 0 Å². The quantitative estimate of drug-likeness (QED) is 0.908. The van der Waals surface area contributed by atoms with E-state index < -0.39 is 0 Å². The molecule has 5 nitrogen and oxygen atoms in total. The predicted octanol–water partition coefficient (Wildman–Crippen LogP) is 3.51. The Morgan fingerprint density at radius 3 is 2.83 bits per heavy atom. The van der Waals surface area contributed by atoms with Gasteiger partial charge in [0.05, 0.1) is 5.69 Å². The van der Waals surface area contributed by atoms with Gasteiger partial charge in [-0.1, -0.05) is 30.3 Å². The number of carbonyl (C=O) groups is 1. The third-order valence-corrected chi connectivity index (χ3v) is 5.95. The topological polar surface area (TPSA) is 48.5 Å². The molecular formula is C18H22N4OS. The van der Waals surface area contributed by atoms with E-state index in [1.807, 2.05) is 41.3 Å². The highest BCUT2D eigenvalue weighted by atomic mass is 32.1. The number of nitrogens with zero attached hydrogens (tertiary/aromatic N) is 3. The normalized spacial score (nSPS) is 24.0. The van der Waals surface area contributed by atoms with Gasteiger partial charge in [0.25, 0.3) is 0 Å². The van der Waals surface area contributed by atoms with Crippen LogP contribution in [-0.4, -0.2) is 52.4 Å². The summed E-state index contributed by atoms with van der Waals surface area (Å²) in [5, 5.41) is 3.84. The van der Waals surface area contributed by atoms with E-state index >= 15 is 0 Å². The number of amides is 2. The monoisotopic (exact) mass is 342 g/mol. The summed E-state index contributed by atoms with van der Waals surface area (Å²) in [5.74, 6) is 0. The number of nitrogens with one attached hydrogen (secondary N) is 1. The van der Waals surface area contributed by atoms with Crippen LogP contribution in [0.1, 0.15) is 19.3 Å². The van der Waals surface area contributed by atoms with Crippen molar-refractivity contribution in [3.8, 4) is 11.3 Å². The van der Waals surface area contributed by atoms with Crippen LogP contribution in [0.5, 0.6) is 0 Å². The number of rotatable bonds is 2. The summed E-state index contributed by atoms with van der Waals surface area (Å²) in [7, 11) is 2.19. The van der Waals surface area contributed by atoms with E-state index in [4.69, 9.17) is 0 Å². The van der Waals surface area contributed by atoms with Crippen LogP contribution in [0.25, 0.3) is 11.3 Å². The Morgan fingerprint density at radius 1 is 1.21 bits per heavy atom. The molecular weight excluding hydrogens is 320 g/mol. The van der Waals surface area contributed by atoms with Crippen molar-refractivity contribution in [2.24, 2.45) is 0 Å². The first-order chi connectivity index (χ1) is 11.7. The number of aromatic nitrogens is 1. The molecule has 126 valence electrons. The van der Waals surface area contributed by atoms with Gasteiger partial charge >= 0.3 is 6.03 Å². The molecule has 2 saturated heterocycles. The molecule has 1 aromatic heterocycles. The SMILES string of the molecule is CN1C2CCC1CN(C(=O)Nc1cc(-c3ccccc3)ns1)CC2. The maximum Gasteiger partial charge on any atom is 0.322 e. The van der Waals surface area contributed by atoms with Crippen LogP contribution in [0.15, 0.2) is 36.4 Å². The summed E-state index contributed by atoms with van der Waals surface area (Å²) >= 11 is 1.34. The summed E-state index contributed by atoms with van der Waals surface area (Å²) < 4.78 is 4.45. The van der Waals surface area contributed by atoms with Gasteiger partial charge < -0.3 is 4.90 Å². The van der Waals surface area contributed by atoms with E-state index in [2.05, 4.69) is 21.6 Å². The van der Waals surface area contributed by atoms with Crippen LogP contribution in [-0.2, 0) is 0 Å². The molecule has 0 spiro atoms. The van der Waals surface area contributed by atoms with Crippen molar-refractivity contribution in [3.63, 3.8) is 0 Å². The number of hydrogen-bond acceptors (Lipinski definition) is 4. The highest BCUT2D eigenvalue weighted by Crippen LogP contribution is 2.29. The summed E-state index contributed by atoms with van der Waals surface area (Å²) in [5.41, 5.74) is 1.98. The Kier molecular flexibility index (Phi) is 4.24. The van der Waals surface area contributed by atoms with E-state index in [-0.39, 0.29) is 6.03 Å². The van der Waals surface area contributed by atoms with E-state index in [9.17, 15) is 4.79 Å². The molecule has 2 amide bonds. The number of likely N-dealkylation sites (tertiary alicyclic amines) is 1. The highest BCUT2D eigenvalue weighted by molar-refractivity contribution is 7.10. The van der Waals surface area contributed by atoms with Crippen molar-refractivity contribution in [2.75, 3.05) is 25.5 Å². The van der Waals surface area contributed by atoms with Crippen LogP contribution in [0.2, 0.25) is 0 Å². The summed E-state index contributed by atoms with van der Waals surface area (Å²) in [6.45, 7) is 1.66. The fourth-order valence-corrected chi connectivity index (χ4v) is 4.41. The molecule has 0 radical (unpaired) electrons. The molecule has 1 N–H and O–H groups in total. The van der Waals surface area contributed by atoms with Crippen LogP contribution < -0.4 is 5.32 Å². The number of anilines is 1. The summed E-state index contributed by atoms with van der Waals surface area (Å²) in [6.07, 6.45) is 3.54. The fraction of sp³-hybridized carbons (Fsp3) is 0.444. The Morgan fingerprint density at radius 2 is 2.00 bits per heavy atom. The average molecular weight is 342 g/mol. The standard InChI is InChI=1S/C18H22N4OS/c1-21-14-7-8-15(21)12-22(10-9-14)18(23)19-17-11-16(20-24-17)13-5-3-2-4-6-13/h2-6,11,14-15H,7-10,12H2,1H3,(H,19,23). The minimum Gasteiger partial charge on any atom is -0.323 e. The van der Waals surface area contributed by atoms with Gasteiger partial charge in [-0.15, -0.1) is 0 Å². The van der Waals surface area contributed by atoms with Crippen LogP contribution >= 0.6 is 11.5 Å². The van der Waals surface area contributed by atoms with E-state index in [1.54, 1.807) is 0 Å². The molecule has 2 aliphatic heterocycles. The Hall–Kier alpha value is -1.92. The predicted molar refractivity (Wildman–Crippen MR) is 97.3 cm³/mol. The smallest absolute Gasteiger partial charge is 0.322 e. The number of likely N-dealkylation sites (N-methyl/N-ethyl adjacent to an activating group) is 1. The minimum absolute atomic E-state index is 0.000730. The highest BCUT2D eigenvalue weighted by Gasteiger charge is 2.36. The zero-order valence-electron chi connectivity index (χ0n) is 13.8. The molecule has 1 aromatic carbocycles. The first-order valence-corrected chi connectivity index (χ1v) is 9.28. The van der Waals surface area contributed by atoms with Gasteiger partial charge in [0.2, 0.25) is 0 Å². The maximum atomic E-state index is 12.6. The zero-order chi connectivity index (χ0) is 16.5. The van der Waals surface area contributed by atoms with Crippen molar-refractivity contribution in [3.05, 3.63) is 36.4 Å². The molecule has 2 aliphatic rings. The van der Waals surface area contributed by atoms with Crippen LogP contribution in [0, 0.1) is 0 Å². The lowest BCUT2D eigenvalue weighted by Crippen LogP contribution is -2.41. The molecule has 6 heteroatoms. The second-order valence-corrected chi connectivity index (χ2v) is 7.46. The van der Waals surface area contributed by atoms with E-state index in [0.717, 1.165) is 35.8 Å². The van der Waals surface area contributed by atoms with Crippen molar-refractivity contribution >= 4 is 22.6 Å². The van der Waals surface area contributed by atoms with E-state index in [1.165, 1.54) is 24.4 Å². The van der Waals surface area contributed by atoms with Gasteiger partial charge in [0.1, 0.15) is 5.00 Å². The number of carbonyl (C=O) groups excluding carboxylic acids is 1. The molecule has 24 heavy (non-hydrogen) atoms. The Labute approximate surface area is 146 Å². The Bertz CT molecular complexity index is 717. The number of fused-ring (bicyclic) bond motifs is 2. The molecule has 3 heterocycles. The minimum atomic E-state index is -0.000730. The van der Waals surface area contributed by atoms with Crippen molar-refractivity contribution < 1.29 is 4.79 Å². The first kappa shape index (κ1) is 15.6. The van der Waals surface area contributed by atoms with Gasteiger partial charge in [-0.05, 0) is 37.8 Å². The van der Waals surface area contributed by atoms with Crippen molar-refractivity contribution in [1.29, 1.82) is 0 Å². The second-order valence-electron chi connectivity index (χ2n) is 6.66. The molecule has 2 aromatic rings. The summed E-state index contributed by atoms with van der Waals surface area (Å²) in [6, 6.07) is 13.1. The average Bonchev–Trinajstić information content (AvgIpc) is 3.13. The van der Waals surface area contributed by atoms with Crippen LogP contribution in [0.4, 0.5) is 9.80 Å². The number of benzene rings is 1. The summed E-state index contributed by atoms with van der Waals surface area (Å²) in [4.78, 5) is 17.0. The lowest BCUT2D eigenvalue weighted by Gasteiger charge is -2.25. The molecule has 0 aliphatic carbocycles. The van der Waals surface area contributed by atoms with Gasteiger partial charge in [0, 0.05) is 36.8 Å². The maximum absolute atomic E-state index is 12.6. The molecule has 2 fully saturated rings. The van der Waals surface area contributed by atoms with E-state index in [0.29, 0.717) is 12.1 Å². The first-order valence-electron chi connectivity index (χ1n) is 8.51. The second kappa shape index (κ2) is 6.53. The Balaban J connectivity index is 1.42. The van der Waals surface area contributed by atoms with Gasteiger partial charge in [-0.25, -0.2) is 4.79 Å². The zero-order valence-corrected chi connectivity index (χ0v) is 14.6. The van der Waals surface area contributed by atoms with Crippen LogP contribution in [0.3, 0.4) is 0 Å². The molecule has 2 atom stereocenters. The third-order valence-electron chi connectivity index (χ3n) is 5.25. The largest absolute Gasteiger partial charge is 0.323 e. The molecule has 4 rings (SSSR count). The van der Waals surface area contributed by atoms with Gasteiger partial charge in [-0.3, -0.25) is 10.2 Å². The van der Waals surface area contributed by atoms with Gasteiger partial charge in [-0.2, -0.15) is 4.37 Å². The van der Waals surface area contributed by atoms with Crippen molar-refractivity contribution in [2.45, 2.75) is 31.3 Å².